The molecule has 0 atom stereocenters. The summed E-state index contributed by atoms with van der Waals surface area (Å²) >= 11 is 7.26. The fraction of sp³-hybridized carbons (Fsp3) is 0.200. The quantitative estimate of drug-likeness (QED) is 0.334. The summed E-state index contributed by atoms with van der Waals surface area (Å²) in [5, 5.41) is 13.8. The number of ether oxygens (including phenoxy) is 1. The van der Waals surface area contributed by atoms with Crippen molar-refractivity contribution in [2.75, 3.05) is 12.9 Å². The van der Waals surface area contributed by atoms with Gasteiger partial charge in [0.2, 0.25) is 0 Å². The highest BCUT2D eigenvalue weighted by Crippen LogP contribution is 2.25. The Morgan fingerprint density at radius 2 is 2.00 bits per heavy atom. The second-order valence-corrected chi connectivity index (χ2v) is 7.26. The Bertz CT molecular complexity index is 1000. The number of hydrazone groups is 1. The Kier molecular flexibility index (Phi) is 7.26. The van der Waals surface area contributed by atoms with E-state index in [1.165, 1.54) is 11.8 Å². The van der Waals surface area contributed by atoms with Crippen LogP contribution in [0.25, 0.3) is 11.4 Å². The predicted molar refractivity (Wildman–Crippen MR) is 116 cm³/mol. The van der Waals surface area contributed by atoms with Crippen LogP contribution in [0.15, 0.2) is 58.8 Å². The summed E-state index contributed by atoms with van der Waals surface area (Å²) in [6.45, 7) is 2.69. The maximum atomic E-state index is 12.1. The van der Waals surface area contributed by atoms with Crippen LogP contribution in [-0.4, -0.2) is 39.7 Å². The van der Waals surface area contributed by atoms with E-state index in [1.54, 1.807) is 13.3 Å². The lowest BCUT2D eigenvalue weighted by Crippen LogP contribution is -2.20. The first-order chi connectivity index (χ1) is 14.1. The Labute approximate surface area is 178 Å². The second kappa shape index (κ2) is 10.1. The van der Waals surface area contributed by atoms with Gasteiger partial charge in [-0.2, -0.15) is 5.10 Å². The van der Waals surface area contributed by atoms with Gasteiger partial charge in [0.05, 0.1) is 19.1 Å². The van der Waals surface area contributed by atoms with Crippen LogP contribution < -0.4 is 10.2 Å². The number of hydrogen-bond donors (Lipinski definition) is 1. The van der Waals surface area contributed by atoms with E-state index in [-0.39, 0.29) is 11.7 Å². The molecule has 0 aliphatic rings. The van der Waals surface area contributed by atoms with Gasteiger partial charge in [-0.05, 0) is 43.3 Å². The molecule has 1 N–H and O–H groups in total. The fourth-order valence-electron chi connectivity index (χ4n) is 2.60. The van der Waals surface area contributed by atoms with E-state index in [2.05, 4.69) is 20.7 Å². The Balaban J connectivity index is 1.60. The molecule has 9 heteroatoms. The van der Waals surface area contributed by atoms with Gasteiger partial charge in [-0.15, -0.1) is 10.2 Å². The zero-order valence-electron chi connectivity index (χ0n) is 16.0. The molecule has 0 unspecified atom stereocenters. The highest BCUT2D eigenvalue weighted by Gasteiger charge is 2.14. The summed E-state index contributed by atoms with van der Waals surface area (Å²) in [7, 11) is 1.59. The molecule has 0 radical (unpaired) electrons. The first-order valence-electron chi connectivity index (χ1n) is 8.89. The average Bonchev–Trinajstić information content (AvgIpc) is 3.16. The molecule has 29 heavy (non-hydrogen) atoms. The summed E-state index contributed by atoms with van der Waals surface area (Å²) in [5.74, 6) is 1.36. The van der Waals surface area contributed by atoms with Crippen molar-refractivity contribution in [3.05, 3.63) is 59.1 Å². The number of benzene rings is 2. The van der Waals surface area contributed by atoms with Crippen LogP contribution in [0.3, 0.4) is 0 Å². The van der Waals surface area contributed by atoms with Gasteiger partial charge in [-0.25, -0.2) is 5.43 Å². The van der Waals surface area contributed by atoms with Crippen LogP contribution in [-0.2, 0) is 11.3 Å². The summed E-state index contributed by atoms with van der Waals surface area (Å²) in [6, 6.07) is 14.8. The molecule has 3 rings (SSSR count). The van der Waals surface area contributed by atoms with Crippen molar-refractivity contribution in [3.63, 3.8) is 0 Å². The molecule has 3 aromatic rings. The van der Waals surface area contributed by atoms with E-state index < -0.39 is 0 Å². The number of methoxy groups -OCH3 is 1. The number of carbonyl (C=O) groups is 1. The minimum atomic E-state index is -0.236. The Hall–Kier alpha value is -2.84. The predicted octanol–water partition coefficient (Wildman–Crippen LogP) is 3.87. The number of hydrogen-bond acceptors (Lipinski definition) is 6. The number of carbonyl (C=O) groups excluding carboxylic acids is 1. The zero-order valence-corrected chi connectivity index (χ0v) is 17.6. The van der Waals surface area contributed by atoms with Gasteiger partial charge >= 0.3 is 0 Å². The van der Waals surface area contributed by atoms with E-state index in [9.17, 15) is 4.79 Å². The van der Waals surface area contributed by atoms with Gasteiger partial charge in [0.25, 0.3) is 5.91 Å². The van der Waals surface area contributed by atoms with Gasteiger partial charge < -0.3 is 9.30 Å². The largest absolute Gasteiger partial charge is 0.496 e. The van der Waals surface area contributed by atoms with E-state index in [0.29, 0.717) is 22.5 Å². The normalized spacial score (nSPS) is 11.0. The third kappa shape index (κ3) is 5.36. The molecular formula is C20H20ClN5O2S. The highest BCUT2D eigenvalue weighted by atomic mass is 35.5. The molecule has 0 spiro atoms. The monoisotopic (exact) mass is 429 g/mol. The van der Waals surface area contributed by atoms with E-state index >= 15 is 0 Å². The van der Waals surface area contributed by atoms with E-state index in [4.69, 9.17) is 16.3 Å². The lowest BCUT2D eigenvalue weighted by molar-refractivity contribution is -0.118. The fourth-order valence-corrected chi connectivity index (χ4v) is 3.52. The summed E-state index contributed by atoms with van der Waals surface area (Å²) < 4.78 is 7.20. The third-order valence-corrected chi connectivity index (χ3v) is 5.22. The first-order valence-corrected chi connectivity index (χ1v) is 10.3. The molecular weight excluding hydrogens is 410 g/mol. The Morgan fingerprint density at radius 1 is 1.24 bits per heavy atom. The van der Waals surface area contributed by atoms with Crippen molar-refractivity contribution < 1.29 is 9.53 Å². The molecule has 0 aliphatic heterocycles. The molecule has 0 saturated carbocycles. The number of nitrogens with one attached hydrogen (secondary N) is 1. The SMILES string of the molecule is CCn1c(SCC(=O)NN=Cc2ccccc2OC)nnc1-c1ccc(Cl)cc1. The van der Waals surface area contributed by atoms with Crippen LogP contribution in [0, 0.1) is 0 Å². The number of nitrogens with zero attached hydrogens (tertiary/aromatic N) is 4. The third-order valence-electron chi connectivity index (χ3n) is 4.00. The standard InChI is InChI=1S/C20H20ClN5O2S/c1-3-26-19(14-8-10-16(21)11-9-14)24-25-20(26)29-13-18(27)23-22-12-15-6-4-5-7-17(15)28-2/h4-12H,3,13H2,1-2H3,(H,23,27). The van der Waals surface area contributed by atoms with Crippen LogP contribution in [0.5, 0.6) is 5.75 Å². The van der Waals surface area contributed by atoms with Crippen molar-refractivity contribution in [1.82, 2.24) is 20.2 Å². The van der Waals surface area contributed by atoms with Gasteiger partial charge in [0, 0.05) is 22.7 Å². The number of thioether (sulfide) groups is 1. The van der Waals surface area contributed by atoms with E-state index in [0.717, 1.165) is 17.0 Å². The van der Waals surface area contributed by atoms with Crippen LogP contribution in [0.1, 0.15) is 12.5 Å². The molecule has 1 heterocycles. The van der Waals surface area contributed by atoms with Gasteiger partial charge in [0.1, 0.15) is 5.75 Å². The average molecular weight is 430 g/mol. The number of amides is 1. The molecule has 0 saturated heterocycles. The molecule has 0 bridgehead atoms. The van der Waals surface area contributed by atoms with E-state index in [1.807, 2.05) is 60.0 Å². The lowest BCUT2D eigenvalue weighted by atomic mass is 10.2. The molecule has 1 amide bonds. The van der Waals surface area contributed by atoms with Crippen molar-refractivity contribution in [3.8, 4) is 17.1 Å². The van der Waals surface area contributed by atoms with Gasteiger partial charge in [-0.3, -0.25) is 4.79 Å². The van der Waals surface area contributed by atoms with Crippen molar-refractivity contribution in [1.29, 1.82) is 0 Å². The Morgan fingerprint density at radius 3 is 2.72 bits per heavy atom. The van der Waals surface area contributed by atoms with Crippen molar-refractivity contribution in [2.45, 2.75) is 18.6 Å². The molecule has 2 aromatic carbocycles. The molecule has 1 aromatic heterocycles. The molecule has 0 fully saturated rings. The minimum Gasteiger partial charge on any atom is -0.496 e. The maximum Gasteiger partial charge on any atom is 0.250 e. The lowest BCUT2D eigenvalue weighted by Gasteiger charge is -2.07. The maximum absolute atomic E-state index is 12.1. The number of rotatable bonds is 8. The number of para-hydroxylation sites is 1. The summed E-state index contributed by atoms with van der Waals surface area (Å²) in [4.78, 5) is 12.1. The first kappa shape index (κ1) is 20.9. The van der Waals surface area contributed by atoms with Gasteiger partial charge in [-0.1, -0.05) is 35.5 Å². The highest BCUT2D eigenvalue weighted by molar-refractivity contribution is 7.99. The molecule has 0 aliphatic carbocycles. The molecule has 7 nitrogen and oxygen atoms in total. The minimum absolute atomic E-state index is 0.169. The number of aromatic nitrogens is 3. The van der Waals surface area contributed by atoms with Gasteiger partial charge in [0.15, 0.2) is 11.0 Å². The second-order valence-electron chi connectivity index (χ2n) is 5.88. The van der Waals surface area contributed by atoms with Crippen molar-refractivity contribution >= 4 is 35.5 Å². The summed E-state index contributed by atoms with van der Waals surface area (Å²) in [5.41, 5.74) is 4.21. The zero-order chi connectivity index (χ0) is 20.6. The molecule has 150 valence electrons. The summed E-state index contributed by atoms with van der Waals surface area (Å²) in [6.07, 6.45) is 1.55. The topological polar surface area (TPSA) is 81.4 Å². The van der Waals surface area contributed by atoms with Crippen molar-refractivity contribution in [2.24, 2.45) is 5.10 Å². The van der Waals surface area contributed by atoms with Crippen LogP contribution in [0.4, 0.5) is 0 Å². The van der Waals surface area contributed by atoms with Crippen LogP contribution >= 0.6 is 23.4 Å². The number of halogens is 1. The smallest absolute Gasteiger partial charge is 0.250 e. The van der Waals surface area contributed by atoms with Crippen LogP contribution in [0.2, 0.25) is 5.02 Å².